The molecule has 0 fully saturated rings. The summed E-state index contributed by atoms with van der Waals surface area (Å²) in [5.41, 5.74) is 0.769. The van der Waals surface area contributed by atoms with E-state index in [4.69, 9.17) is 12.2 Å². The summed E-state index contributed by atoms with van der Waals surface area (Å²) in [5, 5.41) is 5.69. The van der Waals surface area contributed by atoms with E-state index in [9.17, 15) is 9.59 Å². The first kappa shape index (κ1) is 20.8. The molecule has 2 N–H and O–H groups in total. The van der Waals surface area contributed by atoms with Gasteiger partial charge in [-0.1, -0.05) is 18.2 Å². The number of benzene rings is 1. The van der Waals surface area contributed by atoms with Gasteiger partial charge >= 0.3 is 0 Å². The number of hydrogen-bond donors (Lipinski definition) is 2. The molecule has 0 atom stereocenters. The summed E-state index contributed by atoms with van der Waals surface area (Å²) in [6.07, 6.45) is 2.83. The normalized spacial score (nSPS) is 9.92. The highest BCUT2D eigenvalue weighted by atomic mass is 32.1. The lowest BCUT2D eigenvalue weighted by Crippen LogP contribution is -2.42. The highest BCUT2D eigenvalue weighted by Crippen LogP contribution is 2.06. The van der Waals surface area contributed by atoms with Gasteiger partial charge in [-0.2, -0.15) is 0 Å². The van der Waals surface area contributed by atoms with Crippen LogP contribution >= 0.6 is 12.2 Å². The Balaban J connectivity index is 2.83. The van der Waals surface area contributed by atoms with Crippen molar-refractivity contribution in [1.29, 1.82) is 0 Å². The molecule has 0 heterocycles. The van der Waals surface area contributed by atoms with E-state index in [1.807, 2.05) is 37.2 Å². The molecule has 0 bridgehead atoms. The minimum atomic E-state index is -0.330. The Kier molecular flexibility index (Phi) is 8.77. The third kappa shape index (κ3) is 6.26. The van der Waals surface area contributed by atoms with Gasteiger partial charge in [0.15, 0.2) is 11.0 Å². The van der Waals surface area contributed by atoms with Gasteiger partial charge in [0.1, 0.15) is 6.34 Å². The van der Waals surface area contributed by atoms with Crippen LogP contribution in [0.15, 0.2) is 24.3 Å². The third-order valence-electron chi connectivity index (χ3n) is 3.75. The molecule has 0 aromatic heterocycles. The summed E-state index contributed by atoms with van der Waals surface area (Å²) in [4.78, 5) is 26.4. The molecule has 1 rings (SSSR count). The summed E-state index contributed by atoms with van der Waals surface area (Å²) >= 11 is 5.23. The van der Waals surface area contributed by atoms with E-state index < -0.39 is 0 Å². The molecule has 0 aliphatic carbocycles. The Hall–Kier alpha value is -2.28. The first-order valence-electron chi connectivity index (χ1n) is 8.47. The van der Waals surface area contributed by atoms with Crippen LogP contribution in [0.1, 0.15) is 48.4 Å². The lowest BCUT2D eigenvalue weighted by Gasteiger charge is -2.21. The topological polar surface area (TPSA) is 64.5 Å². The predicted octanol–water partition coefficient (Wildman–Crippen LogP) is 1.73. The lowest BCUT2D eigenvalue weighted by molar-refractivity contribution is -0.517. The summed E-state index contributed by atoms with van der Waals surface area (Å²) in [7, 11) is 0. The van der Waals surface area contributed by atoms with E-state index in [2.05, 4.69) is 17.0 Å². The van der Waals surface area contributed by atoms with Crippen LogP contribution in [-0.2, 0) is 0 Å². The average Bonchev–Trinajstić information content (AvgIpc) is 2.63. The number of thiocarbonyl (C=S) groups is 1. The number of nitrogens with zero attached hydrogens (tertiary/aromatic N) is 2. The zero-order valence-electron chi connectivity index (χ0n) is 15.3. The molecule has 0 saturated carbocycles. The molecule has 25 heavy (non-hydrogen) atoms. The van der Waals surface area contributed by atoms with Gasteiger partial charge in [0.2, 0.25) is 0 Å². The molecular formula is C18H26N4O2S. The van der Waals surface area contributed by atoms with Crippen molar-refractivity contribution < 1.29 is 14.2 Å². The molecule has 0 saturated heterocycles. The standard InChI is InChI=1S/C18H26N4O2S/c1-5-21(6-2)13-19-16(23)14-10-9-11-15(12-14)17(24)20-18(25)22(7-3)8-4/h9-12H,5-8H2,1-4H3,(H,19,23)(H,20,24,25). The van der Waals surface area contributed by atoms with Crippen molar-refractivity contribution in [3.63, 3.8) is 0 Å². The molecule has 136 valence electrons. The zero-order chi connectivity index (χ0) is 18.8. The van der Waals surface area contributed by atoms with Gasteiger partial charge in [-0.15, -0.1) is 0 Å². The fraction of sp³-hybridized carbons (Fsp3) is 0.444. The Labute approximate surface area is 154 Å². The second-order valence-corrected chi connectivity index (χ2v) is 5.64. The van der Waals surface area contributed by atoms with Crippen LogP contribution in [0.3, 0.4) is 0 Å². The Morgan fingerprint density at radius 3 is 2.16 bits per heavy atom. The van der Waals surface area contributed by atoms with Crippen molar-refractivity contribution in [3.8, 4) is 0 Å². The molecule has 0 aliphatic rings. The fourth-order valence-corrected chi connectivity index (χ4v) is 2.50. The van der Waals surface area contributed by atoms with Crippen molar-refractivity contribution >= 4 is 35.5 Å². The number of carbonyl (C=O) groups excluding carboxylic acids is 2. The summed E-state index contributed by atoms with van der Waals surface area (Å²) < 4.78 is 1.84. The fourth-order valence-electron chi connectivity index (χ4n) is 2.14. The Bertz CT molecular complexity index is 648. The van der Waals surface area contributed by atoms with Crippen LogP contribution in [0.4, 0.5) is 0 Å². The first-order valence-corrected chi connectivity index (χ1v) is 8.88. The molecule has 6 nitrogen and oxygen atoms in total. The maximum absolute atomic E-state index is 12.3. The van der Waals surface area contributed by atoms with Gasteiger partial charge in [-0.3, -0.25) is 10.1 Å². The summed E-state index contributed by atoms with van der Waals surface area (Å²) in [6, 6.07) is 6.51. The van der Waals surface area contributed by atoms with Gasteiger partial charge in [0.25, 0.3) is 5.91 Å². The van der Waals surface area contributed by atoms with E-state index in [1.165, 1.54) is 0 Å². The quantitative estimate of drug-likeness (QED) is 0.194. The van der Waals surface area contributed by atoms with E-state index in [0.717, 1.165) is 26.2 Å². The van der Waals surface area contributed by atoms with Crippen LogP contribution in [0.2, 0.25) is 0 Å². The van der Waals surface area contributed by atoms with Crippen LogP contribution in [-0.4, -0.2) is 58.9 Å². The number of carbonyl (C=O) groups is 2. The third-order valence-corrected chi connectivity index (χ3v) is 4.11. The van der Waals surface area contributed by atoms with Crippen LogP contribution in [0.5, 0.6) is 0 Å². The smallest absolute Gasteiger partial charge is 0.257 e. The van der Waals surface area contributed by atoms with E-state index in [0.29, 0.717) is 16.2 Å². The second kappa shape index (κ2) is 10.6. The molecule has 1 aromatic carbocycles. The van der Waals surface area contributed by atoms with Gasteiger partial charge in [0.05, 0.1) is 13.1 Å². The molecule has 0 aliphatic heterocycles. The van der Waals surface area contributed by atoms with Crippen molar-refractivity contribution in [3.05, 3.63) is 35.4 Å². The van der Waals surface area contributed by atoms with Crippen molar-refractivity contribution in [2.45, 2.75) is 27.7 Å². The largest absolute Gasteiger partial charge is 0.374 e. The molecule has 7 heteroatoms. The van der Waals surface area contributed by atoms with E-state index in [1.54, 1.807) is 24.3 Å². The highest BCUT2D eigenvalue weighted by Gasteiger charge is 2.12. The minimum Gasteiger partial charge on any atom is -0.374 e. The summed E-state index contributed by atoms with van der Waals surface area (Å²) in [6.45, 7) is 10.8. The highest BCUT2D eigenvalue weighted by molar-refractivity contribution is 7.80. The van der Waals surface area contributed by atoms with E-state index in [-0.39, 0.29) is 11.8 Å². The van der Waals surface area contributed by atoms with Gasteiger partial charge in [-0.25, -0.2) is 0 Å². The van der Waals surface area contributed by atoms with Crippen molar-refractivity contribution in [2.24, 2.45) is 0 Å². The maximum Gasteiger partial charge on any atom is 0.257 e. The SMILES string of the molecule is CCN(CC)C(=S)NC(=O)c1cccc(C(=O)N[C-]=[N+](CC)CC)c1. The Morgan fingerprint density at radius 2 is 1.64 bits per heavy atom. The average molecular weight is 362 g/mol. The van der Waals surface area contributed by atoms with Crippen LogP contribution in [0.25, 0.3) is 0 Å². The van der Waals surface area contributed by atoms with Gasteiger partial charge in [-0.05, 0) is 51.5 Å². The molecule has 0 unspecified atom stereocenters. The first-order chi connectivity index (χ1) is 12.0. The van der Waals surface area contributed by atoms with Crippen LogP contribution < -0.4 is 10.6 Å². The predicted molar refractivity (Wildman–Crippen MR) is 103 cm³/mol. The second-order valence-electron chi connectivity index (χ2n) is 5.25. The van der Waals surface area contributed by atoms with Crippen molar-refractivity contribution in [2.75, 3.05) is 26.2 Å². The number of amides is 2. The molecule has 1 aromatic rings. The minimum absolute atomic E-state index is 0.312. The number of hydrogen-bond acceptors (Lipinski definition) is 3. The molecular weight excluding hydrogens is 336 g/mol. The number of rotatable bonds is 7. The summed E-state index contributed by atoms with van der Waals surface area (Å²) in [5.74, 6) is -0.642. The van der Waals surface area contributed by atoms with Gasteiger partial charge < -0.3 is 19.6 Å². The van der Waals surface area contributed by atoms with E-state index >= 15 is 0 Å². The van der Waals surface area contributed by atoms with Gasteiger partial charge in [0, 0.05) is 18.7 Å². The Morgan fingerprint density at radius 1 is 1.08 bits per heavy atom. The zero-order valence-corrected chi connectivity index (χ0v) is 16.1. The molecule has 0 radical (unpaired) electrons. The van der Waals surface area contributed by atoms with Crippen molar-refractivity contribution in [1.82, 2.24) is 15.5 Å². The van der Waals surface area contributed by atoms with Crippen LogP contribution in [0, 0.1) is 0 Å². The maximum atomic E-state index is 12.3. The molecule has 0 spiro atoms. The molecule has 2 amide bonds. The number of nitrogens with one attached hydrogen (secondary N) is 2. The lowest BCUT2D eigenvalue weighted by atomic mass is 10.1. The monoisotopic (exact) mass is 362 g/mol.